The first kappa shape index (κ1) is 12.3. The van der Waals surface area contributed by atoms with Gasteiger partial charge in [0, 0.05) is 10.6 Å². The van der Waals surface area contributed by atoms with E-state index >= 15 is 0 Å². The highest BCUT2D eigenvalue weighted by atomic mass is 35.5. The molecule has 0 bridgehead atoms. The second-order valence-corrected chi connectivity index (χ2v) is 3.91. The van der Waals surface area contributed by atoms with Gasteiger partial charge in [0.1, 0.15) is 0 Å². The zero-order chi connectivity index (χ0) is 12.8. The van der Waals surface area contributed by atoms with Crippen molar-refractivity contribution in [2.24, 2.45) is 0 Å². The Morgan fingerprint density at radius 1 is 1.33 bits per heavy atom. The van der Waals surface area contributed by atoms with E-state index in [-0.39, 0.29) is 18.2 Å². The van der Waals surface area contributed by atoms with Crippen LogP contribution in [0, 0.1) is 11.8 Å². The van der Waals surface area contributed by atoms with Crippen LogP contribution in [0.3, 0.4) is 0 Å². The van der Waals surface area contributed by atoms with Gasteiger partial charge in [-0.3, -0.25) is 4.79 Å². The zero-order valence-electron chi connectivity index (χ0n) is 9.44. The summed E-state index contributed by atoms with van der Waals surface area (Å²) in [6.45, 7) is 0.256. The average molecular weight is 260 g/mol. The number of nitrogens with one attached hydrogen (secondary N) is 1. The summed E-state index contributed by atoms with van der Waals surface area (Å²) in [6, 6.07) is 10.5. The maximum Gasteiger partial charge on any atom is 0.287 e. The van der Waals surface area contributed by atoms with E-state index in [2.05, 4.69) is 17.2 Å². The summed E-state index contributed by atoms with van der Waals surface area (Å²) in [5, 5.41) is 3.27. The Morgan fingerprint density at radius 3 is 2.94 bits per heavy atom. The van der Waals surface area contributed by atoms with Gasteiger partial charge in [0.05, 0.1) is 12.8 Å². The molecule has 18 heavy (non-hydrogen) atoms. The number of carbonyl (C=O) groups excluding carboxylic acids is 1. The maximum atomic E-state index is 11.5. The molecule has 0 spiro atoms. The molecule has 1 aromatic heterocycles. The number of furan rings is 1. The molecule has 1 N–H and O–H groups in total. The molecule has 2 aromatic rings. The molecule has 0 saturated heterocycles. The molecule has 0 radical (unpaired) electrons. The van der Waals surface area contributed by atoms with Crippen molar-refractivity contribution in [1.29, 1.82) is 0 Å². The number of carbonyl (C=O) groups is 1. The van der Waals surface area contributed by atoms with Crippen molar-refractivity contribution < 1.29 is 9.21 Å². The molecule has 1 amide bonds. The van der Waals surface area contributed by atoms with Crippen molar-refractivity contribution in [1.82, 2.24) is 5.32 Å². The van der Waals surface area contributed by atoms with Crippen LogP contribution in [-0.2, 0) is 0 Å². The first-order valence-electron chi connectivity index (χ1n) is 5.32. The van der Waals surface area contributed by atoms with Crippen LogP contribution in [0.15, 0.2) is 47.1 Å². The lowest BCUT2D eigenvalue weighted by atomic mass is 10.2. The van der Waals surface area contributed by atoms with Gasteiger partial charge >= 0.3 is 0 Å². The number of hydrogen-bond acceptors (Lipinski definition) is 2. The third-order valence-corrected chi connectivity index (χ3v) is 2.37. The van der Waals surface area contributed by atoms with Gasteiger partial charge in [-0.05, 0) is 30.3 Å². The number of hydrogen-bond donors (Lipinski definition) is 1. The van der Waals surface area contributed by atoms with Crippen molar-refractivity contribution in [2.75, 3.05) is 6.54 Å². The Bertz CT molecular complexity index is 594. The van der Waals surface area contributed by atoms with E-state index in [1.54, 1.807) is 24.3 Å². The first-order chi connectivity index (χ1) is 8.75. The third-order valence-electron chi connectivity index (χ3n) is 2.14. The Hall–Kier alpha value is -2.18. The summed E-state index contributed by atoms with van der Waals surface area (Å²) in [6.07, 6.45) is 1.45. The number of benzene rings is 1. The standard InChI is InChI=1S/C14H10ClNO2/c15-12-6-1-4-11(10-12)5-2-8-16-14(17)13-7-3-9-18-13/h1,3-4,6-7,9-10H,8H2,(H,16,17). The minimum atomic E-state index is -0.277. The molecule has 1 aromatic carbocycles. The highest BCUT2D eigenvalue weighted by Gasteiger charge is 2.05. The second-order valence-electron chi connectivity index (χ2n) is 3.47. The largest absolute Gasteiger partial charge is 0.459 e. The predicted molar refractivity (Wildman–Crippen MR) is 69.4 cm³/mol. The molecule has 90 valence electrons. The van der Waals surface area contributed by atoms with Gasteiger partial charge in [-0.15, -0.1) is 0 Å². The molecule has 0 fully saturated rings. The molecular formula is C14H10ClNO2. The lowest BCUT2D eigenvalue weighted by molar-refractivity contribution is 0.0931. The SMILES string of the molecule is O=C(NCC#Cc1cccc(Cl)c1)c1ccco1. The molecular weight excluding hydrogens is 250 g/mol. The summed E-state index contributed by atoms with van der Waals surface area (Å²) in [7, 11) is 0. The Morgan fingerprint density at radius 2 is 2.22 bits per heavy atom. The second kappa shape index (κ2) is 5.95. The van der Waals surface area contributed by atoms with Crippen molar-refractivity contribution in [3.8, 4) is 11.8 Å². The van der Waals surface area contributed by atoms with Crippen molar-refractivity contribution in [3.05, 3.63) is 59.0 Å². The van der Waals surface area contributed by atoms with Crippen LogP contribution in [0.25, 0.3) is 0 Å². The molecule has 0 unspecified atom stereocenters. The van der Waals surface area contributed by atoms with Crippen molar-refractivity contribution in [2.45, 2.75) is 0 Å². The fraction of sp³-hybridized carbons (Fsp3) is 0.0714. The number of halogens is 1. The summed E-state index contributed by atoms with van der Waals surface area (Å²) in [5.74, 6) is 5.75. The minimum absolute atomic E-state index is 0.256. The van der Waals surface area contributed by atoms with E-state index in [9.17, 15) is 4.79 Å². The molecule has 0 aliphatic rings. The van der Waals surface area contributed by atoms with E-state index < -0.39 is 0 Å². The molecule has 0 aliphatic carbocycles. The van der Waals surface area contributed by atoms with E-state index in [1.807, 2.05) is 12.1 Å². The summed E-state index contributed by atoms with van der Waals surface area (Å²) in [4.78, 5) is 11.5. The van der Waals surface area contributed by atoms with Crippen LogP contribution in [0.1, 0.15) is 16.1 Å². The minimum Gasteiger partial charge on any atom is -0.459 e. The maximum absolute atomic E-state index is 11.5. The van der Waals surface area contributed by atoms with Crippen LogP contribution in [0.2, 0.25) is 5.02 Å². The smallest absolute Gasteiger partial charge is 0.287 e. The molecule has 1 heterocycles. The molecule has 3 nitrogen and oxygen atoms in total. The van der Waals surface area contributed by atoms with Crippen LogP contribution in [0.5, 0.6) is 0 Å². The topological polar surface area (TPSA) is 42.2 Å². The van der Waals surface area contributed by atoms with E-state index in [4.69, 9.17) is 16.0 Å². The fourth-order valence-electron chi connectivity index (χ4n) is 1.33. The highest BCUT2D eigenvalue weighted by Crippen LogP contribution is 2.09. The Balaban J connectivity index is 1.88. The van der Waals surface area contributed by atoms with Crippen LogP contribution in [0.4, 0.5) is 0 Å². The van der Waals surface area contributed by atoms with Gasteiger partial charge in [0.25, 0.3) is 5.91 Å². The first-order valence-corrected chi connectivity index (χ1v) is 5.69. The van der Waals surface area contributed by atoms with Gasteiger partial charge in [-0.25, -0.2) is 0 Å². The average Bonchev–Trinajstić information content (AvgIpc) is 2.88. The lowest BCUT2D eigenvalue weighted by Crippen LogP contribution is -2.22. The van der Waals surface area contributed by atoms with E-state index in [0.717, 1.165) is 5.56 Å². The quantitative estimate of drug-likeness (QED) is 0.843. The van der Waals surface area contributed by atoms with E-state index in [1.165, 1.54) is 6.26 Å². The number of amides is 1. The van der Waals surface area contributed by atoms with Crippen molar-refractivity contribution >= 4 is 17.5 Å². The lowest BCUT2D eigenvalue weighted by Gasteiger charge is -1.96. The van der Waals surface area contributed by atoms with Crippen LogP contribution < -0.4 is 5.32 Å². The van der Waals surface area contributed by atoms with E-state index in [0.29, 0.717) is 5.02 Å². The fourth-order valence-corrected chi connectivity index (χ4v) is 1.52. The van der Waals surface area contributed by atoms with Gasteiger partial charge < -0.3 is 9.73 Å². The zero-order valence-corrected chi connectivity index (χ0v) is 10.2. The summed E-state index contributed by atoms with van der Waals surface area (Å²) >= 11 is 5.83. The normalized spacial score (nSPS) is 9.39. The van der Waals surface area contributed by atoms with Gasteiger partial charge in [-0.1, -0.05) is 29.5 Å². The Labute approximate surface area is 110 Å². The van der Waals surface area contributed by atoms with Gasteiger partial charge in [0.15, 0.2) is 5.76 Å². The summed E-state index contributed by atoms with van der Waals surface area (Å²) in [5.41, 5.74) is 0.815. The summed E-state index contributed by atoms with van der Waals surface area (Å²) < 4.78 is 4.95. The molecule has 0 saturated carbocycles. The van der Waals surface area contributed by atoms with Gasteiger partial charge in [-0.2, -0.15) is 0 Å². The number of rotatable bonds is 2. The third kappa shape index (κ3) is 3.41. The monoisotopic (exact) mass is 259 g/mol. The predicted octanol–water partition coefficient (Wildman–Crippen LogP) is 2.71. The van der Waals surface area contributed by atoms with Gasteiger partial charge in [0.2, 0.25) is 0 Å². The molecule has 2 rings (SSSR count). The Kier molecular flexibility index (Phi) is 4.06. The molecule has 0 aliphatic heterocycles. The molecule has 0 atom stereocenters. The van der Waals surface area contributed by atoms with Crippen molar-refractivity contribution in [3.63, 3.8) is 0 Å². The molecule has 4 heteroatoms. The van der Waals surface area contributed by atoms with Crippen LogP contribution in [-0.4, -0.2) is 12.5 Å². The highest BCUT2D eigenvalue weighted by molar-refractivity contribution is 6.30. The van der Waals surface area contributed by atoms with Crippen LogP contribution >= 0.6 is 11.6 Å².